The number of benzene rings is 2. The van der Waals surface area contributed by atoms with Crippen LogP contribution in [0.4, 0.5) is 10.1 Å². The molecule has 0 bridgehead atoms. The lowest BCUT2D eigenvalue weighted by Crippen LogP contribution is -2.48. The fourth-order valence-electron chi connectivity index (χ4n) is 3.04. The number of hydrogen-bond acceptors (Lipinski definition) is 4. The highest BCUT2D eigenvalue weighted by Gasteiger charge is 2.29. The fraction of sp³-hybridized carbons (Fsp3) is 0.333. The molecule has 5 nitrogen and oxygen atoms in total. The Labute approximate surface area is 147 Å². The molecule has 0 aromatic heterocycles. The van der Waals surface area contributed by atoms with Crippen LogP contribution in [0.3, 0.4) is 0 Å². The standard InChI is InChI=1S/C18H21FN2O3S/c1-14-5-3-4-6-17(14)20-9-11-21(12-10-20)25(22,23)15-7-8-18(24-2)16(19)13-15/h3-8,13H,9-12H2,1-2H3. The van der Waals surface area contributed by atoms with E-state index in [9.17, 15) is 12.8 Å². The Balaban J connectivity index is 1.76. The minimum atomic E-state index is -3.71. The zero-order valence-electron chi connectivity index (χ0n) is 14.3. The van der Waals surface area contributed by atoms with Gasteiger partial charge in [0.1, 0.15) is 0 Å². The van der Waals surface area contributed by atoms with E-state index in [-0.39, 0.29) is 10.6 Å². The molecule has 134 valence electrons. The molecule has 7 heteroatoms. The lowest BCUT2D eigenvalue weighted by atomic mass is 10.1. The average molecular weight is 364 g/mol. The minimum absolute atomic E-state index is 0.0309. The molecule has 0 N–H and O–H groups in total. The smallest absolute Gasteiger partial charge is 0.243 e. The zero-order valence-corrected chi connectivity index (χ0v) is 15.1. The Morgan fingerprint density at radius 1 is 1.04 bits per heavy atom. The lowest BCUT2D eigenvalue weighted by molar-refractivity contribution is 0.379. The van der Waals surface area contributed by atoms with E-state index in [2.05, 4.69) is 4.90 Å². The van der Waals surface area contributed by atoms with E-state index in [0.29, 0.717) is 26.2 Å². The quantitative estimate of drug-likeness (QED) is 0.837. The number of methoxy groups -OCH3 is 1. The van der Waals surface area contributed by atoms with Crippen molar-refractivity contribution in [2.75, 3.05) is 38.2 Å². The second-order valence-corrected chi connectivity index (χ2v) is 7.91. The largest absolute Gasteiger partial charge is 0.494 e. The first-order chi connectivity index (χ1) is 11.9. The Hall–Kier alpha value is -2.12. The maximum Gasteiger partial charge on any atom is 0.243 e. The number of halogens is 1. The average Bonchev–Trinajstić information content (AvgIpc) is 2.62. The van der Waals surface area contributed by atoms with Gasteiger partial charge in [-0.05, 0) is 36.8 Å². The van der Waals surface area contributed by atoms with E-state index >= 15 is 0 Å². The molecule has 0 spiro atoms. The number of ether oxygens (including phenoxy) is 1. The van der Waals surface area contributed by atoms with Crippen LogP contribution in [-0.2, 0) is 10.0 Å². The fourth-order valence-corrected chi connectivity index (χ4v) is 4.48. The lowest BCUT2D eigenvalue weighted by Gasteiger charge is -2.36. The van der Waals surface area contributed by atoms with Crippen LogP contribution in [0.15, 0.2) is 47.4 Å². The van der Waals surface area contributed by atoms with Gasteiger partial charge >= 0.3 is 0 Å². The predicted molar refractivity (Wildman–Crippen MR) is 95.1 cm³/mol. The molecule has 1 aliphatic rings. The van der Waals surface area contributed by atoms with Crippen molar-refractivity contribution in [1.29, 1.82) is 0 Å². The number of hydrogen-bond donors (Lipinski definition) is 0. The molecule has 25 heavy (non-hydrogen) atoms. The van der Waals surface area contributed by atoms with Gasteiger partial charge in [-0.15, -0.1) is 0 Å². The molecule has 0 aliphatic carbocycles. The summed E-state index contributed by atoms with van der Waals surface area (Å²) >= 11 is 0. The van der Waals surface area contributed by atoms with Gasteiger partial charge in [-0.3, -0.25) is 0 Å². The number of piperazine rings is 1. The van der Waals surface area contributed by atoms with Gasteiger partial charge in [0.15, 0.2) is 11.6 Å². The van der Waals surface area contributed by atoms with Crippen molar-refractivity contribution >= 4 is 15.7 Å². The third-order valence-corrected chi connectivity index (χ3v) is 6.35. The highest BCUT2D eigenvalue weighted by molar-refractivity contribution is 7.89. The van der Waals surface area contributed by atoms with E-state index in [1.165, 1.54) is 23.5 Å². The Kier molecular flexibility index (Phi) is 4.96. The third-order valence-electron chi connectivity index (χ3n) is 4.46. The van der Waals surface area contributed by atoms with E-state index in [4.69, 9.17) is 4.74 Å². The summed E-state index contributed by atoms with van der Waals surface area (Å²) in [5, 5.41) is 0. The first kappa shape index (κ1) is 17.7. The molecule has 0 radical (unpaired) electrons. The summed E-state index contributed by atoms with van der Waals surface area (Å²) in [6, 6.07) is 11.8. The number of rotatable bonds is 4. The third kappa shape index (κ3) is 3.48. The summed E-state index contributed by atoms with van der Waals surface area (Å²) < 4.78 is 45.6. The molecule has 1 aliphatic heterocycles. The van der Waals surface area contributed by atoms with Gasteiger partial charge in [0, 0.05) is 31.9 Å². The van der Waals surface area contributed by atoms with Crippen LogP contribution in [0.5, 0.6) is 5.75 Å². The normalized spacial score (nSPS) is 16.0. The Bertz CT molecular complexity index is 862. The SMILES string of the molecule is COc1ccc(S(=O)(=O)N2CCN(c3ccccc3C)CC2)cc1F. The molecule has 1 saturated heterocycles. The summed E-state index contributed by atoms with van der Waals surface area (Å²) in [6.07, 6.45) is 0. The van der Waals surface area contributed by atoms with Crippen molar-refractivity contribution in [1.82, 2.24) is 4.31 Å². The van der Waals surface area contributed by atoms with Gasteiger partial charge in [-0.25, -0.2) is 12.8 Å². The molecule has 0 unspecified atom stereocenters. The number of anilines is 1. The first-order valence-electron chi connectivity index (χ1n) is 8.08. The van der Waals surface area contributed by atoms with Crippen LogP contribution in [0, 0.1) is 12.7 Å². The summed E-state index contributed by atoms with van der Waals surface area (Å²) in [5.74, 6) is -0.648. The molecular weight excluding hydrogens is 343 g/mol. The number of aryl methyl sites for hydroxylation is 1. The maximum absolute atomic E-state index is 13.9. The predicted octanol–water partition coefficient (Wildman–Crippen LogP) is 2.65. The van der Waals surface area contributed by atoms with E-state index in [0.717, 1.165) is 17.3 Å². The van der Waals surface area contributed by atoms with Crippen molar-refractivity contribution < 1.29 is 17.5 Å². The van der Waals surface area contributed by atoms with Gasteiger partial charge < -0.3 is 9.64 Å². The summed E-state index contributed by atoms with van der Waals surface area (Å²) in [6.45, 7) is 3.97. The van der Waals surface area contributed by atoms with Gasteiger partial charge in [0.25, 0.3) is 0 Å². The summed E-state index contributed by atoms with van der Waals surface area (Å²) in [7, 11) is -2.37. The number of nitrogens with zero attached hydrogens (tertiary/aromatic N) is 2. The topological polar surface area (TPSA) is 49.9 Å². The van der Waals surface area contributed by atoms with Crippen LogP contribution in [-0.4, -0.2) is 46.0 Å². The zero-order chi connectivity index (χ0) is 18.0. The molecule has 2 aromatic carbocycles. The van der Waals surface area contributed by atoms with E-state index < -0.39 is 15.8 Å². The van der Waals surface area contributed by atoms with Crippen molar-refractivity contribution in [2.24, 2.45) is 0 Å². The first-order valence-corrected chi connectivity index (χ1v) is 9.52. The van der Waals surface area contributed by atoms with E-state index in [1.807, 2.05) is 31.2 Å². The van der Waals surface area contributed by atoms with Gasteiger partial charge in [0.2, 0.25) is 10.0 Å². The van der Waals surface area contributed by atoms with Crippen molar-refractivity contribution in [3.8, 4) is 5.75 Å². The second kappa shape index (κ2) is 7.01. The van der Waals surface area contributed by atoms with Crippen molar-refractivity contribution in [3.05, 3.63) is 53.8 Å². The molecule has 3 rings (SSSR count). The van der Waals surface area contributed by atoms with Crippen LogP contribution in [0.2, 0.25) is 0 Å². The highest BCUT2D eigenvalue weighted by Crippen LogP contribution is 2.26. The molecule has 2 aromatic rings. The Morgan fingerprint density at radius 3 is 2.32 bits per heavy atom. The molecule has 1 heterocycles. The van der Waals surface area contributed by atoms with Crippen molar-refractivity contribution in [3.63, 3.8) is 0 Å². The molecule has 0 amide bonds. The second-order valence-electron chi connectivity index (χ2n) is 5.97. The van der Waals surface area contributed by atoms with Crippen molar-refractivity contribution in [2.45, 2.75) is 11.8 Å². The molecular formula is C18H21FN2O3S. The number of para-hydroxylation sites is 1. The molecule has 0 atom stereocenters. The molecule has 1 fully saturated rings. The van der Waals surface area contributed by atoms with Gasteiger partial charge in [-0.2, -0.15) is 4.31 Å². The monoisotopic (exact) mass is 364 g/mol. The summed E-state index contributed by atoms with van der Waals surface area (Å²) in [4.78, 5) is 2.13. The summed E-state index contributed by atoms with van der Waals surface area (Å²) in [5.41, 5.74) is 2.28. The maximum atomic E-state index is 13.9. The van der Waals surface area contributed by atoms with E-state index in [1.54, 1.807) is 0 Å². The number of sulfonamides is 1. The molecule has 0 saturated carbocycles. The van der Waals surface area contributed by atoms with Crippen LogP contribution in [0.25, 0.3) is 0 Å². The highest BCUT2D eigenvalue weighted by atomic mass is 32.2. The van der Waals surface area contributed by atoms with Crippen LogP contribution in [0.1, 0.15) is 5.56 Å². The van der Waals surface area contributed by atoms with Gasteiger partial charge in [0.05, 0.1) is 12.0 Å². The minimum Gasteiger partial charge on any atom is -0.494 e. The Morgan fingerprint density at radius 2 is 1.72 bits per heavy atom. The van der Waals surface area contributed by atoms with Crippen LogP contribution < -0.4 is 9.64 Å². The van der Waals surface area contributed by atoms with Gasteiger partial charge in [-0.1, -0.05) is 18.2 Å². The van der Waals surface area contributed by atoms with Crippen LogP contribution >= 0.6 is 0 Å².